The number of nitrogens with zero attached hydrogens (tertiary/aromatic N) is 4. The third-order valence-electron chi connectivity index (χ3n) is 4.56. The smallest absolute Gasteiger partial charge is 0.211 e. The second kappa shape index (κ2) is 20.8. The highest BCUT2D eigenvalue weighted by Crippen LogP contribution is 2.22. The lowest BCUT2D eigenvalue weighted by Gasteiger charge is -2.20. The first-order valence-electron chi connectivity index (χ1n) is 9.99. The highest BCUT2D eigenvalue weighted by Gasteiger charge is 2.19. The minimum Gasteiger partial charge on any atom is -0.211 e. The van der Waals surface area contributed by atoms with Crippen molar-refractivity contribution in [2.24, 2.45) is 20.0 Å². The molecule has 154 valence electrons. The fourth-order valence-electron chi connectivity index (χ4n) is 3.00. The summed E-state index contributed by atoms with van der Waals surface area (Å²) in [5.74, 6) is 0. The molecule has 1 aliphatic rings. The van der Waals surface area contributed by atoms with Gasteiger partial charge in [0, 0.05) is 0 Å². The predicted molar refractivity (Wildman–Crippen MR) is 105 cm³/mol. The van der Waals surface area contributed by atoms with E-state index < -0.39 is 0 Å². The molecule has 0 aromatic rings. The molecule has 1 fully saturated rings. The molecule has 0 atom stereocenters. The Kier molecular flexibility index (Phi) is 19.0. The van der Waals surface area contributed by atoms with E-state index in [0.29, 0.717) is 13.1 Å². The second-order valence-corrected chi connectivity index (χ2v) is 6.68. The van der Waals surface area contributed by atoms with E-state index in [0.717, 1.165) is 51.4 Å². The minimum absolute atomic E-state index is 0.0978. The molecular weight excluding hydrogens is 360 g/mol. The number of hydrogen-bond donors (Lipinski definition) is 0. The van der Waals surface area contributed by atoms with Crippen LogP contribution >= 0.6 is 0 Å². The molecule has 1 rings (SSSR count). The maximum Gasteiger partial charge on any atom is 0.235 e. The van der Waals surface area contributed by atoms with E-state index in [4.69, 9.17) is 0 Å². The Morgan fingerprint density at radius 1 is 0.500 bits per heavy atom. The van der Waals surface area contributed by atoms with E-state index in [-0.39, 0.29) is 12.1 Å². The SMILES string of the molecule is O=C=NC1CCC(N=C=O)CC1.O=C=NCCCCCCCCCCN=C=O. The average Bonchev–Trinajstić information content (AvgIpc) is 2.71. The first-order chi connectivity index (χ1) is 13.8. The van der Waals surface area contributed by atoms with E-state index in [1.807, 2.05) is 0 Å². The van der Waals surface area contributed by atoms with Gasteiger partial charge in [0.1, 0.15) is 0 Å². The van der Waals surface area contributed by atoms with Gasteiger partial charge in [0.25, 0.3) is 0 Å². The van der Waals surface area contributed by atoms with E-state index in [1.165, 1.54) is 25.7 Å². The van der Waals surface area contributed by atoms with Crippen molar-refractivity contribution in [1.82, 2.24) is 0 Å². The quantitative estimate of drug-likeness (QED) is 0.270. The molecule has 0 amide bonds. The lowest BCUT2D eigenvalue weighted by atomic mass is 9.92. The molecule has 0 unspecified atom stereocenters. The van der Waals surface area contributed by atoms with Crippen LogP contribution < -0.4 is 0 Å². The van der Waals surface area contributed by atoms with Crippen LogP contribution in [-0.2, 0) is 19.2 Å². The van der Waals surface area contributed by atoms with Crippen molar-refractivity contribution >= 4 is 24.3 Å². The normalized spacial score (nSPS) is 17.4. The van der Waals surface area contributed by atoms with Crippen LogP contribution in [0.5, 0.6) is 0 Å². The van der Waals surface area contributed by atoms with Gasteiger partial charge in [0.05, 0.1) is 25.2 Å². The first kappa shape index (κ1) is 25.5. The van der Waals surface area contributed by atoms with Crippen LogP contribution in [0.4, 0.5) is 0 Å². The lowest BCUT2D eigenvalue weighted by molar-refractivity contribution is 0.394. The summed E-state index contributed by atoms with van der Waals surface area (Å²) >= 11 is 0. The largest absolute Gasteiger partial charge is 0.235 e. The topological polar surface area (TPSA) is 118 Å². The number of carbonyl (C=O) groups excluding carboxylic acids is 4. The van der Waals surface area contributed by atoms with Crippen molar-refractivity contribution in [2.45, 2.75) is 89.1 Å². The molecule has 0 radical (unpaired) electrons. The summed E-state index contributed by atoms with van der Waals surface area (Å²) in [6, 6.07) is 0.196. The highest BCUT2D eigenvalue weighted by atomic mass is 16.1. The van der Waals surface area contributed by atoms with Crippen LogP contribution in [0.1, 0.15) is 77.0 Å². The summed E-state index contributed by atoms with van der Waals surface area (Å²) < 4.78 is 0. The van der Waals surface area contributed by atoms with Crippen LogP contribution in [0.25, 0.3) is 0 Å². The van der Waals surface area contributed by atoms with Crippen LogP contribution in [-0.4, -0.2) is 49.5 Å². The van der Waals surface area contributed by atoms with E-state index >= 15 is 0 Å². The summed E-state index contributed by atoms with van der Waals surface area (Å²) in [5.41, 5.74) is 0. The number of hydrogen-bond acceptors (Lipinski definition) is 8. The summed E-state index contributed by atoms with van der Waals surface area (Å²) in [4.78, 5) is 53.6. The number of rotatable bonds is 13. The standard InChI is InChI=1S/C12H20N2O2.C8H10N2O2/c15-11-13-9-7-5-3-1-2-4-6-8-10-14-12-16;11-5-9-7-1-2-8(4-3-7)10-6-12/h1-10H2;7-8H,1-4H2. The van der Waals surface area contributed by atoms with Crippen molar-refractivity contribution in [1.29, 1.82) is 0 Å². The lowest BCUT2D eigenvalue weighted by Crippen LogP contribution is -2.19. The van der Waals surface area contributed by atoms with Crippen molar-refractivity contribution in [3.63, 3.8) is 0 Å². The van der Waals surface area contributed by atoms with Gasteiger partial charge in [0.2, 0.25) is 24.3 Å². The molecule has 0 bridgehead atoms. The van der Waals surface area contributed by atoms with Gasteiger partial charge < -0.3 is 0 Å². The van der Waals surface area contributed by atoms with E-state index in [2.05, 4.69) is 20.0 Å². The number of aliphatic imine (C=N–C) groups is 4. The Morgan fingerprint density at radius 2 is 0.821 bits per heavy atom. The fraction of sp³-hybridized carbons (Fsp3) is 0.800. The number of isocyanates is 4. The van der Waals surface area contributed by atoms with E-state index in [1.54, 1.807) is 24.3 Å². The van der Waals surface area contributed by atoms with Crippen molar-refractivity contribution < 1.29 is 19.2 Å². The van der Waals surface area contributed by atoms with Gasteiger partial charge in [-0.2, -0.15) is 0 Å². The van der Waals surface area contributed by atoms with Crippen molar-refractivity contribution in [2.75, 3.05) is 13.1 Å². The molecule has 28 heavy (non-hydrogen) atoms. The summed E-state index contributed by atoms with van der Waals surface area (Å²) in [5, 5.41) is 0. The van der Waals surface area contributed by atoms with Crippen molar-refractivity contribution in [3.8, 4) is 0 Å². The van der Waals surface area contributed by atoms with Gasteiger partial charge in [-0.05, 0) is 38.5 Å². The zero-order valence-electron chi connectivity index (χ0n) is 16.5. The zero-order valence-corrected chi connectivity index (χ0v) is 16.5. The maximum atomic E-state index is 9.90. The molecule has 0 aliphatic heterocycles. The third kappa shape index (κ3) is 17.0. The first-order valence-corrected chi connectivity index (χ1v) is 9.99. The molecule has 1 saturated carbocycles. The van der Waals surface area contributed by atoms with Gasteiger partial charge in [0.15, 0.2) is 0 Å². The molecule has 8 nitrogen and oxygen atoms in total. The van der Waals surface area contributed by atoms with Gasteiger partial charge in [-0.1, -0.05) is 38.5 Å². The summed E-state index contributed by atoms with van der Waals surface area (Å²) in [6.45, 7) is 1.24. The Bertz CT molecular complexity index is 525. The Hall–Kier alpha value is -2.48. The Balaban J connectivity index is 0.000000540. The fourth-order valence-corrected chi connectivity index (χ4v) is 3.00. The van der Waals surface area contributed by atoms with Crippen LogP contribution in [0, 0.1) is 0 Å². The summed E-state index contributed by atoms with van der Waals surface area (Å²) in [6.07, 6.45) is 18.6. The molecule has 8 heteroatoms. The van der Waals surface area contributed by atoms with E-state index in [9.17, 15) is 19.2 Å². The molecule has 0 N–H and O–H groups in total. The molecule has 0 spiro atoms. The summed E-state index contributed by atoms with van der Waals surface area (Å²) in [7, 11) is 0. The zero-order chi connectivity index (χ0) is 20.7. The van der Waals surface area contributed by atoms with Crippen LogP contribution in [0.3, 0.4) is 0 Å². The third-order valence-corrected chi connectivity index (χ3v) is 4.56. The Labute approximate surface area is 166 Å². The molecule has 0 aromatic carbocycles. The van der Waals surface area contributed by atoms with Crippen LogP contribution in [0.15, 0.2) is 20.0 Å². The predicted octanol–water partition coefficient (Wildman–Crippen LogP) is 3.75. The molecule has 0 aromatic heterocycles. The molecule has 0 saturated heterocycles. The highest BCUT2D eigenvalue weighted by molar-refractivity contribution is 5.34. The minimum atomic E-state index is 0.0978. The van der Waals surface area contributed by atoms with Gasteiger partial charge >= 0.3 is 0 Å². The molecule has 1 aliphatic carbocycles. The number of unbranched alkanes of at least 4 members (excludes halogenated alkanes) is 7. The molecular formula is C20H30N4O4. The Morgan fingerprint density at radius 3 is 1.11 bits per heavy atom. The molecule has 0 heterocycles. The van der Waals surface area contributed by atoms with Gasteiger partial charge in [-0.15, -0.1) is 0 Å². The van der Waals surface area contributed by atoms with Gasteiger partial charge in [-0.25, -0.2) is 39.1 Å². The van der Waals surface area contributed by atoms with Crippen LogP contribution in [0.2, 0.25) is 0 Å². The monoisotopic (exact) mass is 390 g/mol. The average molecular weight is 390 g/mol. The van der Waals surface area contributed by atoms with Crippen molar-refractivity contribution in [3.05, 3.63) is 0 Å². The van der Waals surface area contributed by atoms with Gasteiger partial charge in [-0.3, -0.25) is 0 Å². The second-order valence-electron chi connectivity index (χ2n) is 6.68. The maximum absolute atomic E-state index is 9.90.